The highest BCUT2D eigenvalue weighted by Crippen LogP contribution is 2.24. The highest BCUT2D eigenvalue weighted by molar-refractivity contribution is 7.89. The Morgan fingerprint density at radius 2 is 1.54 bits per heavy atom. The van der Waals surface area contributed by atoms with Gasteiger partial charge in [-0.2, -0.15) is 4.31 Å². The lowest BCUT2D eigenvalue weighted by molar-refractivity contribution is -0.121. The third-order valence-electron chi connectivity index (χ3n) is 4.76. The van der Waals surface area contributed by atoms with Gasteiger partial charge in [0.1, 0.15) is 11.6 Å². The van der Waals surface area contributed by atoms with Crippen LogP contribution in [0.2, 0.25) is 0 Å². The van der Waals surface area contributed by atoms with Crippen molar-refractivity contribution in [2.24, 2.45) is 0 Å². The molecule has 1 heterocycles. The van der Waals surface area contributed by atoms with Crippen molar-refractivity contribution in [2.75, 3.05) is 31.5 Å². The molecule has 1 fully saturated rings. The summed E-state index contributed by atoms with van der Waals surface area (Å²) in [6, 6.07) is 11.5. The number of sulfonamides is 1. The lowest BCUT2D eigenvalue weighted by Gasteiger charge is -2.36. The average molecular weight is 409 g/mol. The van der Waals surface area contributed by atoms with Crippen molar-refractivity contribution in [3.05, 3.63) is 60.2 Å². The number of carbonyl (C=O) groups excluding carboxylic acids is 1. The minimum Gasteiger partial charge on any atom is -0.325 e. The third kappa shape index (κ3) is 4.21. The molecule has 0 saturated carbocycles. The van der Waals surface area contributed by atoms with Crippen molar-refractivity contribution in [1.82, 2.24) is 9.21 Å². The van der Waals surface area contributed by atoms with Crippen LogP contribution in [0.4, 0.5) is 14.5 Å². The summed E-state index contributed by atoms with van der Waals surface area (Å²) in [6.45, 7) is 2.37. The number of hydrogen-bond donors (Lipinski definition) is 1. The van der Waals surface area contributed by atoms with Crippen LogP contribution in [0, 0.1) is 11.6 Å². The summed E-state index contributed by atoms with van der Waals surface area (Å²) >= 11 is 0. The number of rotatable bonds is 5. The number of amides is 1. The molecule has 9 heteroatoms. The number of hydrogen-bond acceptors (Lipinski definition) is 4. The van der Waals surface area contributed by atoms with Gasteiger partial charge in [-0.15, -0.1) is 0 Å². The lowest BCUT2D eigenvalue weighted by atomic mass is 10.2. The van der Waals surface area contributed by atoms with Gasteiger partial charge in [0.05, 0.1) is 6.04 Å². The zero-order chi connectivity index (χ0) is 20.3. The Labute approximate surface area is 162 Å². The fourth-order valence-electron chi connectivity index (χ4n) is 3.12. The maximum absolute atomic E-state index is 13.9. The molecule has 0 aromatic heterocycles. The molecule has 0 aliphatic carbocycles. The lowest BCUT2D eigenvalue weighted by Crippen LogP contribution is -2.54. The van der Waals surface area contributed by atoms with Crippen LogP contribution in [-0.4, -0.2) is 55.8 Å². The Balaban J connectivity index is 1.64. The van der Waals surface area contributed by atoms with Gasteiger partial charge in [0.25, 0.3) is 0 Å². The topological polar surface area (TPSA) is 69.7 Å². The molecule has 1 amide bonds. The van der Waals surface area contributed by atoms with E-state index in [9.17, 15) is 22.0 Å². The largest absolute Gasteiger partial charge is 0.325 e. The molecule has 0 bridgehead atoms. The van der Waals surface area contributed by atoms with Gasteiger partial charge in [0.15, 0.2) is 4.90 Å². The molecule has 0 spiro atoms. The van der Waals surface area contributed by atoms with Crippen molar-refractivity contribution in [3.8, 4) is 0 Å². The van der Waals surface area contributed by atoms with Gasteiger partial charge in [-0.1, -0.05) is 24.3 Å². The first-order chi connectivity index (χ1) is 13.3. The van der Waals surface area contributed by atoms with Crippen molar-refractivity contribution >= 4 is 21.6 Å². The van der Waals surface area contributed by atoms with E-state index in [0.717, 1.165) is 22.5 Å². The van der Waals surface area contributed by atoms with E-state index in [1.807, 2.05) is 23.1 Å². The number of nitrogens with zero attached hydrogens (tertiary/aromatic N) is 2. The van der Waals surface area contributed by atoms with Gasteiger partial charge in [-0.05, 0) is 31.2 Å². The van der Waals surface area contributed by atoms with Gasteiger partial charge in [-0.3, -0.25) is 9.69 Å². The summed E-state index contributed by atoms with van der Waals surface area (Å²) in [5, 5.41) is 2.81. The Morgan fingerprint density at radius 3 is 2.11 bits per heavy atom. The summed E-state index contributed by atoms with van der Waals surface area (Å²) in [6.07, 6.45) is 0. The average Bonchev–Trinajstić information content (AvgIpc) is 2.68. The standard InChI is InChI=1S/C19H21F2N3O3S/c1-14(19(25)22-15-6-3-2-4-7-15)23-10-12-24(13-11-23)28(26,27)18-16(20)8-5-9-17(18)21/h2-9,14H,10-13H2,1H3,(H,22,25). The number of nitrogens with one attached hydrogen (secondary N) is 1. The number of halogens is 2. The minimum absolute atomic E-state index is 0.0407. The molecular weight excluding hydrogens is 388 g/mol. The molecule has 28 heavy (non-hydrogen) atoms. The summed E-state index contributed by atoms with van der Waals surface area (Å²) in [5.41, 5.74) is 0.676. The minimum atomic E-state index is -4.29. The van der Waals surface area contributed by atoms with Crippen LogP contribution in [0.5, 0.6) is 0 Å². The molecule has 2 aromatic carbocycles. The molecule has 1 unspecified atom stereocenters. The Bertz CT molecular complexity index is 926. The van der Waals surface area contributed by atoms with E-state index in [0.29, 0.717) is 5.69 Å². The Hall–Kier alpha value is -2.36. The maximum Gasteiger partial charge on any atom is 0.249 e. The number of para-hydroxylation sites is 1. The SMILES string of the molecule is CC(C(=O)Nc1ccccc1)N1CCN(S(=O)(=O)c2c(F)cccc2F)CC1. The Kier molecular flexibility index (Phi) is 6.07. The van der Waals surface area contributed by atoms with Crippen LogP contribution in [0.15, 0.2) is 53.4 Å². The number of carbonyl (C=O) groups is 1. The van der Waals surface area contributed by atoms with Crippen molar-refractivity contribution in [1.29, 1.82) is 0 Å². The second-order valence-corrected chi connectivity index (χ2v) is 8.40. The van der Waals surface area contributed by atoms with Crippen LogP contribution in [0.1, 0.15) is 6.92 Å². The summed E-state index contributed by atoms with van der Waals surface area (Å²) < 4.78 is 54.1. The Morgan fingerprint density at radius 1 is 0.964 bits per heavy atom. The van der Waals surface area contributed by atoms with Crippen LogP contribution in [0.3, 0.4) is 0 Å². The van der Waals surface area contributed by atoms with Gasteiger partial charge < -0.3 is 5.32 Å². The van der Waals surface area contributed by atoms with Crippen molar-refractivity contribution < 1.29 is 22.0 Å². The first kappa shape index (κ1) is 20.4. The third-order valence-corrected chi connectivity index (χ3v) is 6.71. The number of piperazine rings is 1. The van der Waals surface area contributed by atoms with Crippen molar-refractivity contribution in [2.45, 2.75) is 17.9 Å². The molecule has 150 valence electrons. The molecule has 1 saturated heterocycles. The quantitative estimate of drug-likeness (QED) is 0.823. The first-order valence-corrected chi connectivity index (χ1v) is 10.3. The van der Waals surface area contributed by atoms with E-state index in [1.165, 1.54) is 0 Å². The van der Waals surface area contributed by atoms with Crippen LogP contribution < -0.4 is 5.32 Å². The summed E-state index contributed by atoms with van der Waals surface area (Å²) in [4.78, 5) is 13.3. The first-order valence-electron chi connectivity index (χ1n) is 8.85. The van der Waals surface area contributed by atoms with Gasteiger partial charge in [0, 0.05) is 31.9 Å². The number of anilines is 1. The zero-order valence-electron chi connectivity index (χ0n) is 15.3. The summed E-state index contributed by atoms with van der Waals surface area (Å²) in [7, 11) is -4.29. The second kappa shape index (κ2) is 8.34. The molecule has 0 radical (unpaired) electrons. The van der Waals surface area contributed by atoms with Crippen molar-refractivity contribution in [3.63, 3.8) is 0 Å². The monoisotopic (exact) mass is 409 g/mol. The van der Waals surface area contributed by atoms with E-state index in [2.05, 4.69) is 5.32 Å². The molecule has 1 N–H and O–H groups in total. The van der Waals surface area contributed by atoms with Crippen LogP contribution in [0.25, 0.3) is 0 Å². The fraction of sp³-hybridized carbons (Fsp3) is 0.316. The molecule has 2 aromatic rings. The van der Waals surface area contributed by atoms with Gasteiger partial charge in [0.2, 0.25) is 15.9 Å². The highest BCUT2D eigenvalue weighted by Gasteiger charge is 2.35. The van der Waals surface area contributed by atoms with E-state index in [-0.39, 0.29) is 32.1 Å². The van der Waals surface area contributed by atoms with E-state index < -0.39 is 32.6 Å². The van der Waals surface area contributed by atoms with E-state index >= 15 is 0 Å². The molecular formula is C19H21F2N3O3S. The fourth-order valence-corrected chi connectivity index (χ4v) is 4.65. The molecule has 3 rings (SSSR count). The molecule has 1 aliphatic heterocycles. The predicted molar refractivity (Wildman–Crippen MR) is 101 cm³/mol. The summed E-state index contributed by atoms with van der Waals surface area (Å²) in [5.74, 6) is -2.43. The zero-order valence-corrected chi connectivity index (χ0v) is 16.1. The normalized spacial score (nSPS) is 17.2. The maximum atomic E-state index is 13.9. The van der Waals surface area contributed by atoms with Crippen LogP contribution in [-0.2, 0) is 14.8 Å². The number of benzene rings is 2. The van der Waals surface area contributed by atoms with Crippen LogP contribution >= 0.6 is 0 Å². The predicted octanol–water partition coefficient (Wildman–Crippen LogP) is 2.30. The molecule has 6 nitrogen and oxygen atoms in total. The smallest absolute Gasteiger partial charge is 0.249 e. The second-order valence-electron chi connectivity index (χ2n) is 6.52. The van der Waals surface area contributed by atoms with Gasteiger partial charge in [-0.25, -0.2) is 17.2 Å². The highest BCUT2D eigenvalue weighted by atomic mass is 32.2. The van der Waals surface area contributed by atoms with Gasteiger partial charge >= 0.3 is 0 Å². The molecule has 1 aliphatic rings. The van der Waals surface area contributed by atoms with E-state index in [4.69, 9.17) is 0 Å². The molecule has 1 atom stereocenters. The van der Waals surface area contributed by atoms with E-state index in [1.54, 1.807) is 19.1 Å².